The molecule has 0 amide bonds. The van der Waals surface area contributed by atoms with Gasteiger partial charge in [0.2, 0.25) is 0 Å². The van der Waals surface area contributed by atoms with Gasteiger partial charge < -0.3 is 14.9 Å². The third kappa shape index (κ3) is 2.25. The molecule has 19 heavy (non-hydrogen) atoms. The molecule has 3 rings (SSSR count). The molecule has 0 radical (unpaired) electrons. The fourth-order valence-electron chi connectivity index (χ4n) is 2.01. The van der Waals surface area contributed by atoms with Gasteiger partial charge >= 0.3 is 0 Å². The number of anilines is 1. The van der Waals surface area contributed by atoms with E-state index in [-0.39, 0.29) is 0 Å². The van der Waals surface area contributed by atoms with E-state index >= 15 is 0 Å². The van der Waals surface area contributed by atoms with Crippen molar-refractivity contribution in [2.24, 2.45) is 0 Å². The second kappa shape index (κ2) is 4.65. The topological polar surface area (TPSA) is 61.3 Å². The molecule has 2 N–H and O–H groups in total. The number of hydrogen-bond donors (Lipinski definition) is 1. The van der Waals surface area contributed by atoms with Crippen LogP contribution in [0.15, 0.2) is 46.9 Å². The van der Waals surface area contributed by atoms with Crippen molar-refractivity contribution in [3.05, 3.63) is 53.9 Å². The highest BCUT2D eigenvalue weighted by Gasteiger charge is 2.09. The maximum absolute atomic E-state index is 5.92. The summed E-state index contributed by atoms with van der Waals surface area (Å²) in [4.78, 5) is 4.45. The molecule has 1 aromatic heterocycles. The second-order valence-corrected chi connectivity index (χ2v) is 4.32. The van der Waals surface area contributed by atoms with E-state index in [1.165, 1.54) is 0 Å². The molecule has 0 bridgehead atoms. The van der Waals surface area contributed by atoms with Gasteiger partial charge in [0.15, 0.2) is 11.5 Å². The maximum atomic E-state index is 5.92. The maximum Gasteiger partial charge on any atom is 0.199 e. The van der Waals surface area contributed by atoms with Crippen LogP contribution < -0.4 is 10.5 Å². The van der Waals surface area contributed by atoms with E-state index in [1.54, 1.807) is 7.11 Å². The smallest absolute Gasteiger partial charge is 0.199 e. The normalized spacial score (nSPS) is 10.8. The number of ether oxygens (including phenoxy) is 1. The zero-order valence-electron chi connectivity index (χ0n) is 10.6. The minimum absolute atomic E-state index is 0.587. The van der Waals surface area contributed by atoms with Crippen molar-refractivity contribution in [1.82, 2.24) is 4.98 Å². The van der Waals surface area contributed by atoms with Gasteiger partial charge in [0, 0.05) is 11.8 Å². The zero-order valence-corrected chi connectivity index (χ0v) is 10.6. The number of nitrogens with two attached hydrogens (primary N) is 1. The van der Waals surface area contributed by atoms with E-state index in [9.17, 15) is 0 Å². The summed E-state index contributed by atoms with van der Waals surface area (Å²) in [6, 6.07) is 13.3. The highest BCUT2D eigenvalue weighted by molar-refractivity contribution is 5.74. The zero-order chi connectivity index (χ0) is 13.2. The molecule has 4 nitrogen and oxygen atoms in total. The summed E-state index contributed by atoms with van der Waals surface area (Å²) in [5.41, 5.74) is 9.24. The monoisotopic (exact) mass is 254 g/mol. The number of benzene rings is 2. The number of nitrogens with zero attached hydrogens (tertiary/aromatic N) is 1. The van der Waals surface area contributed by atoms with Crippen LogP contribution in [0.5, 0.6) is 5.75 Å². The van der Waals surface area contributed by atoms with Gasteiger partial charge in [-0.2, -0.15) is 0 Å². The number of nitrogen functional groups attached to an aromatic ring is 1. The Balaban J connectivity index is 1.95. The minimum atomic E-state index is 0.587. The Kier molecular flexibility index (Phi) is 2.83. The Morgan fingerprint density at radius 1 is 1.21 bits per heavy atom. The van der Waals surface area contributed by atoms with Gasteiger partial charge in [0.05, 0.1) is 13.5 Å². The molecule has 0 aliphatic rings. The Bertz CT molecular complexity index is 719. The molecule has 0 spiro atoms. The third-order valence-electron chi connectivity index (χ3n) is 3.04. The first-order valence-corrected chi connectivity index (χ1v) is 6.03. The van der Waals surface area contributed by atoms with Crippen LogP contribution in [0.2, 0.25) is 0 Å². The molecule has 96 valence electrons. The van der Waals surface area contributed by atoms with Crippen LogP contribution in [0.25, 0.3) is 11.1 Å². The molecule has 0 unspecified atom stereocenters. The molecule has 0 fully saturated rings. The molecule has 0 aliphatic heterocycles. The number of oxazole rings is 1. The summed E-state index contributed by atoms with van der Waals surface area (Å²) in [7, 11) is 1.63. The van der Waals surface area contributed by atoms with Crippen LogP contribution in [-0.4, -0.2) is 12.1 Å². The summed E-state index contributed by atoms with van der Waals surface area (Å²) in [6.45, 7) is 0. The van der Waals surface area contributed by atoms with E-state index in [0.717, 1.165) is 28.1 Å². The van der Waals surface area contributed by atoms with E-state index in [0.29, 0.717) is 12.3 Å². The molecule has 0 saturated carbocycles. The minimum Gasteiger partial charge on any atom is -0.497 e. The van der Waals surface area contributed by atoms with Crippen LogP contribution in [0, 0.1) is 0 Å². The number of para-hydroxylation sites is 1. The Morgan fingerprint density at radius 2 is 2.05 bits per heavy atom. The summed E-state index contributed by atoms with van der Waals surface area (Å²) in [5, 5.41) is 0. The number of aromatic nitrogens is 1. The first kappa shape index (κ1) is 11.6. The lowest BCUT2D eigenvalue weighted by molar-refractivity contribution is 0.414. The third-order valence-corrected chi connectivity index (χ3v) is 3.04. The summed E-state index contributed by atoms with van der Waals surface area (Å²) >= 11 is 0. The molecular formula is C15H14N2O2. The lowest BCUT2D eigenvalue weighted by Gasteiger charge is -2.01. The lowest BCUT2D eigenvalue weighted by atomic mass is 10.1. The number of rotatable bonds is 3. The van der Waals surface area contributed by atoms with Crippen molar-refractivity contribution >= 4 is 16.8 Å². The van der Waals surface area contributed by atoms with Crippen molar-refractivity contribution < 1.29 is 9.15 Å². The lowest BCUT2D eigenvalue weighted by Crippen LogP contribution is -1.95. The van der Waals surface area contributed by atoms with Crippen LogP contribution in [-0.2, 0) is 6.42 Å². The van der Waals surface area contributed by atoms with Gasteiger partial charge in [-0.05, 0) is 23.8 Å². The van der Waals surface area contributed by atoms with Gasteiger partial charge in [-0.25, -0.2) is 4.98 Å². The molecule has 4 heteroatoms. The summed E-state index contributed by atoms with van der Waals surface area (Å²) in [5.74, 6) is 1.41. The molecule has 2 aromatic carbocycles. The Morgan fingerprint density at radius 3 is 2.84 bits per heavy atom. The van der Waals surface area contributed by atoms with Gasteiger partial charge in [0.25, 0.3) is 0 Å². The number of methoxy groups -OCH3 is 1. The van der Waals surface area contributed by atoms with Gasteiger partial charge in [-0.3, -0.25) is 0 Å². The molecule has 0 aliphatic carbocycles. The summed E-state index contributed by atoms with van der Waals surface area (Å²) in [6.07, 6.45) is 0.587. The summed E-state index contributed by atoms with van der Waals surface area (Å²) < 4.78 is 10.9. The van der Waals surface area contributed by atoms with Crippen LogP contribution in [0.1, 0.15) is 11.5 Å². The first-order valence-electron chi connectivity index (χ1n) is 6.03. The highest BCUT2D eigenvalue weighted by Crippen LogP contribution is 2.23. The first-order chi connectivity index (χ1) is 9.26. The highest BCUT2D eigenvalue weighted by atomic mass is 16.5. The van der Waals surface area contributed by atoms with E-state index in [2.05, 4.69) is 4.98 Å². The van der Waals surface area contributed by atoms with E-state index < -0.39 is 0 Å². The van der Waals surface area contributed by atoms with Crippen molar-refractivity contribution in [3.63, 3.8) is 0 Å². The van der Waals surface area contributed by atoms with Crippen molar-refractivity contribution in [2.75, 3.05) is 12.8 Å². The number of hydrogen-bond acceptors (Lipinski definition) is 4. The van der Waals surface area contributed by atoms with E-state index in [4.69, 9.17) is 14.9 Å². The molecule has 0 saturated heterocycles. The number of fused-ring (bicyclic) bond motifs is 1. The average molecular weight is 254 g/mol. The largest absolute Gasteiger partial charge is 0.497 e. The second-order valence-electron chi connectivity index (χ2n) is 4.32. The SMILES string of the molecule is COc1ccc2nc(Cc3ccccc3N)oc2c1. The molecule has 3 aromatic rings. The van der Waals surface area contributed by atoms with Crippen LogP contribution in [0.3, 0.4) is 0 Å². The van der Waals surface area contributed by atoms with Crippen LogP contribution in [0.4, 0.5) is 5.69 Å². The van der Waals surface area contributed by atoms with E-state index in [1.807, 2.05) is 42.5 Å². The fourth-order valence-corrected chi connectivity index (χ4v) is 2.01. The molecular weight excluding hydrogens is 240 g/mol. The standard InChI is InChI=1S/C15H14N2O2/c1-18-11-6-7-13-14(9-11)19-15(17-13)8-10-4-2-3-5-12(10)16/h2-7,9H,8,16H2,1H3. The van der Waals surface area contributed by atoms with Gasteiger partial charge in [0.1, 0.15) is 11.3 Å². The molecule has 0 atom stereocenters. The van der Waals surface area contributed by atoms with Crippen molar-refractivity contribution in [1.29, 1.82) is 0 Å². The van der Waals surface area contributed by atoms with Crippen molar-refractivity contribution in [2.45, 2.75) is 6.42 Å². The van der Waals surface area contributed by atoms with Crippen LogP contribution >= 0.6 is 0 Å². The van der Waals surface area contributed by atoms with Crippen molar-refractivity contribution in [3.8, 4) is 5.75 Å². The molecule has 1 heterocycles. The van der Waals surface area contributed by atoms with Gasteiger partial charge in [-0.1, -0.05) is 18.2 Å². The Hall–Kier alpha value is -2.49. The predicted molar refractivity (Wildman–Crippen MR) is 74.2 cm³/mol. The Labute approximate surface area is 110 Å². The predicted octanol–water partition coefficient (Wildman–Crippen LogP) is 3.01. The average Bonchev–Trinajstić information content (AvgIpc) is 2.82. The quantitative estimate of drug-likeness (QED) is 0.730. The fraction of sp³-hybridized carbons (Fsp3) is 0.133. The van der Waals surface area contributed by atoms with Gasteiger partial charge in [-0.15, -0.1) is 0 Å².